The Labute approximate surface area is 130 Å². The summed E-state index contributed by atoms with van der Waals surface area (Å²) in [5, 5.41) is 14.3. The van der Waals surface area contributed by atoms with Gasteiger partial charge in [-0.1, -0.05) is 19.8 Å². The number of nitro groups is 1. The van der Waals surface area contributed by atoms with Crippen molar-refractivity contribution in [1.82, 2.24) is 9.78 Å². The fourth-order valence-electron chi connectivity index (χ4n) is 2.23. The van der Waals surface area contributed by atoms with Crippen LogP contribution in [0.2, 0.25) is 0 Å². The third-order valence-electron chi connectivity index (χ3n) is 3.42. The zero-order chi connectivity index (χ0) is 17.0. The number of alkyl halides is 3. The highest BCUT2D eigenvalue weighted by molar-refractivity contribution is 5.41. The number of hydrogen-bond acceptors (Lipinski definition) is 3. The molecule has 0 aliphatic rings. The van der Waals surface area contributed by atoms with E-state index in [1.165, 1.54) is 28.9 Å². The monoisotopic (exact) mass is 327 g/mol. The number of halogens is 3. The van der Waals surface area contributed by atoms with Crippen LogP contribution in [0.1, 0.15) is 37.6 Å². The molecular weight excluding hydrogens is 311 g/mol. The van der Waals surface area contributed by atoms with E-state index >= 15 is 0 Å². The van der Waals surface area contributed by atoms with Crippen LogP contribution in [0.25, 0.3) is 5.69 Å². The van der Waals surface area contributed by atoms with E-state index in [2.05, 4.69) is 5.10 Å². The van der Waals surface area contributed by atoms with Crippen molar-refractivity contribution in [1.29, 1.82) is 0 Å². The fourth-order valence-corrected chi connectivity index (χ4v) is 2.23. The van der Waals surface area contributed by atoms with E-state index in [9.17, 15) is 23.3 Å². The van der Waals surface area contributed by atoms with E-state index in [1.54, 1.807) is 0 Å². The number of non-ortho nitro benzene ring substituents is 1. The predicted molar refractivity (Wildman–Crippen MR) is 78.4 cm³/mol. The van der Waals surface area contributed by atoms with Gasteiger partial charge in [0.2, 0.25) is 0 Å². The first-order valence-corrected chi connectivity index (χ1v) is 7.24. The first-order chi connectivity index (χ1) is 10.8. The maximum absolute atomic E-state index is 12.9. The number of aryl methyl sites for hydroxylation is 1. The van der Waals surface area contributed by atoms with Crippen LogP contribution >= 0.6 is 0 Å². The van der Waals surface area contributed by atoms with Gasteiger partial charge >= 0.3 is 6.18 Å². The third-order valence-corrected chi connectivity index (χ3v) is 3.42. The third kappa shape index (κ3) is 4.08. The molecule has 1 heterocycles. The summed E-state index contributed by atoms with van der Waals surface area (Å²) in [5.74, 6) is 0. The zero-order valence-electron chi connectivity index (χ0n) is 12.5. The van der Waals surface area contributed by atoms with E-state index in [-0.39, 0.29) is 5.69 Å². The van der Waals surface area contributed by atoms with Crippen LogP contribution in [0.4, 0.5) is 18.9 Å². The van der Waals surface area contributed by atoms with Gasteiger partial charge < -0.3 is 0 Å². The van der Waals surface area contributed by atoms with E-state index in [4.69, 9.17) is 0 Å². The summed E-state index contributed by atoms with van der Waals surface area (Å²) in [6.07, 6.45) is -1.43. The van der Waals surface area contributed by atoms with E-state index < -0.39 is 16.8 Å². The highest BCUT2D eigenvalue weighted by Crippen LogP contribution is 2.30. The number of nitrogens with zero attached hydrogens (tertiary/aromatic N) is 3. The summed E-state index contributed by atoms with van der Waals surface area (Å²) in [6, 6.07) is 6.33. The second-order valence-electron chi connectivity index (χ2n) is 5.16. The lowest BCUT2D eigenvalue weighted by Crippen LogP contribution is -2.07. The Kier molecular flexibility index (Phi) is 5.02. The van der Waals surface area contributed by atoms with Crippen molar-refractivity contribution in [3.8, 4) is 5.69 Å². The molecule has 0 amide bonds. The molecule has 23 heavy (non-hydrogen) atoms. The molecular formula is C15H16F3N3O2. The molecule has 124 valence electrons. The molecule has 2 rings (SSSR count). The highest BCUT2D eigenvalue weighted by atomic mass is 19.4. The number of nitro benzene ring substituents is 1. The highest BCUT2D eigenvalue weighted by Gasteiger charge is 2.35. The number of hydrogen-bond donors (Lipinski definition) is 0. The van der Waals surface area contributed by atoms with Crippen molar-refractivity contribution < 1.29 is 18.1 Å². The lowest BCUT2D eigenvalue weighted by molar-refractivity contribution is -0.384. The predicted octanol–water partition coefficient (Wildman–Crippen LogP) is 4.53. The molecule has 5 nitrogen and oxygen atoms in total. The topological polar surface area (TPSA) is 61.0 Å². The van der Waals surface area contributed by atoms with Crippen molar-refractivity contribution in [3.63, 3.8) is 0 Å². The van der Waals surface area contributed by atoms with Gasteiger partial charge in [0.15, 0.2) is 5.69 Å². The number of benzene rings is 1. The van der Waals surface area contributed by atoms with Crippen molar-refractivity contribution in [2.45, 2.75) is 38.8 Å². The van der Waals surface area contributed by atoms with Gasteiger partial charge in [-0.2, -0.15) is 18.3 Å². The Morgan fingerprint density at radius 2 is 1.87 bits per heavy atom. The molecule has 8 heteroatoms. The van der Waals surface area contributed by atoms with E-state index in [1.807, 2.05) is 6.92 Å². The van der Waals surface area contributed by atoms with Crippen molar-refractivity contribution in [2.75, 3.05) is 0 Å². The molecule has 0 aliphatic heterocycles. The lowest BCUT2D eigenvalue weighted by Gasteiger charge is -2.07. The number of rotatable bonds is 6. The van der Waals surface area contributed by atoms with Crippen molar-refractivity contribution in [2.24, 2.45) is 0 Å². The Hall–Kier alpha value is -2.38. The van der Waals surface area contributed by atoms with Crippen LogP contribution < -0.4 is 0 Å². The summed E-state index contributed by atoms with van der Waals surface area (Å²) in [6.45, 7) is 2.01. The van der Waals surface area contributed by atoms with Gasteiger partial charge in [-0.15, -0.1) is 0 Å². The maximum Gasteiger partial charge on any atom is 0.435 e. The second-order valence-corrected chi connectivity index (χ2v) is 5.16. The van der Waals surface area contributed by atoms with Gasteiger partial charge in [-0.25, -0.2) is 4.68 Å². The first-order valence-electron chi connectivity index (χ1n) is 7.24. The molecule has 1 aromatic carbocycles. The van der Waals surface area contributed by atoms with E-state index in [0.717, 1.165) is 25.3 Å². The Balaban J connectivity index is 2.37. The Bertz CT molecular complexity index is 678. The maximum atomic E-state index is 12.9. The average molecular weight is 327 g/mol. The smallest absolute Gasteiger partial charge is 0.258 e. The summed E-state index contributed by atoms with van der Waals surface area (Å²) >= 11 is 0. The van der Waals surface area contributed by atoms with Crippen LogP contribution in [0.3, 0.4) is 0 Å². The van der Waals surface area contributed by atoms with Crippen LogP contribution in [0.15, 0.2) is 30.3 Å². The molecule has 0 saturated heterocycles. The van der Waals surface area contributed by atoms with Crippen LogP contribution in [0, 0.1) is 10.1 Å². The van der Waals surface area contributed by atoms with Crippen LogP contribution in [0.5, 0.6) is 0 Å². The molecule has 0 bridgehead atoms. The molecule has 0 unspecified atom stereocenters. The van der Waals surface area contributed by atoms with Gasteiger partial charge in [0.05, 0.1) is 10.6 Å². The molecule has 0 atom stereocenters. The zero-order valence-corrected chi connectivity index (χ0v) is 12.5. The van der Waals surface area contributed by atoms with Gasteiger partial charge in [-0.05, 0) is 31.0 Å². The minimum atomic E-state index is -4.52. The van der Waals surface area contributed by atoms with Gasteiger partial charge in [0.1, 0.15) is 0 Å². The SMILES string of the molecule is CCCCCc1cc(C(F)(F)F)nn1-c1ccc([N+](=O)[O-])cc1. The number of aromatic nitrogens is 2. The largest absolute Gasteiger partial charge is 0.435 e. The van der Waals surface area contributed by atoms with Crippen LogP contribution in [-0.2, 0) is 12.6 Å². The van der Waals surface area contributed by atoms with Gasteiger partial charge in [-0.3, -0.25) is 10.1 Å². The molecule has 0 saturated carbocycles. The molecule has 0 fully saturated rings. The average Bonchev–Trinajstić information content (AvgIpc) is 2.92. The quantitative estimate of drug-likeness (QED) is 0.445. The summed E-state index contributed by atoms with van der Waals surface area (Å²) < 4.78 is 39.9. The molecule has 2 aromatic rings. The minimum Gasteiger partial charge on any atom is -0.258 e. The Morgan fingerprint density at radius 3 is 2.39 bits per heavy atom. The summed E-state index contributed by atoms with van der Waals surface area (Å²) in [5.41, 5.74) is -0.260. The van der Waals surface area contributed by atoms with Gasteiger partial charge in [0.25, 0.3) is 5.69 Å². The van der Waals surface area contributed by atoms with E-state index in [0.29, 0.717) is 17.8 Å². The summed E-state index contributed by atoms with van der Waals surface area (Å²) in [4.78, 5) is 10.1. The minimum absolute atomic E-state index is 0.121. The fraction of sp³-hybridized carbons (Fsp3) is 0.400. The Morgan fingerprint density at radius 1 is 1.22 bits per heavy atom. The van der Waals surface area contributed by atoms with Gasteiger partial charge in [0, 0.05) is 17.8 Å². The normalized spacial score (nSPS) is 11.7. The lowest BCUT2D eigenvalue weighted by atomic mass is 10.1. The van der Waals surface area contributed by atoms with Crippen molar-refractivity contribution in [3.05, 3.63) is 51.8 Å². The van der Waals surface area contributed by atoms with Crippen LogP contribution in [-0.4, -0.2) is 14.7 Å². The molecule has 1 aromatic heterocycles. The molecule has 0 aliphatic carbocycles. The number of unbranched alkanes of at least 4 members (excludes halogenated alkanes) is 2. The molecule has 0 N–H and O–H groups in total. The second kappa shape index (κ2) is 6.80. The standard InChI is InChI=1S/C15H16F3N3O2/c1-2-3-4-5-13-10-14(15(16,17)18)19-20(13)11-6-8-12(9-7-11)21(22)23/h6-10H,2-5H2,1H3. The molecule has 0 spiro atoms. The summed E-state index contributed by atoms with van der Waals surface area (Å²) in [7, 11) is 0. The first kappa shape index (κ1) is 17.0. The molecule has 0 radical (unpaired) electrons. The van der Waals surface area contributed by atoms with Crippen molar-refractivity contribution >= 4 is 5.69 Å².